The van der Waals surface area contributed by atoms with Gasteiger partial charge < -0.3 is 16.0 Å². The second kappa shape index (κ2) is 4.86. The highest BCUT2D eigenvalue weighted by Crippen LogP contribution is 2.12. The minimum absolute atomic E-state index is 0.0220. The fourth-order valence-electron chi connectivity index (χ4n) is 1.76. The van der Waals surface area contributed by atoms with Crippen LogP contribution in [0.1, 0.15) is 12.0 Å². The number of anilines is 1. The normalized spacial score (nSPS) is 18.6. The van der Waals surface area contributed by atoms with Crippen LogP contribution in [-0.4, -0.2) is 24.5 Å². The molecule has 1 heterocycles. The zero-order valence-electron chi connectivity index (χ0n) is 9.62. The highest BCUT2D eigenvalue weighted by Gasteiger charge is 2.22. The van der Waals surface area contributed by atoms with Crippen LogP contribution in [0, 0.1) is 6.92 Å². The van der Waals surface area contributed by atoms with Gasteiger partial charge in [0.1, 0.15) is 0 Å². The van der Waals surface area contributed by atoms with Gasteiger partial charge in [-0.1, -0.05) is 18.2 Å². The number of hydrogen-bond acceptors (Lipinski definition) is 2. The Labute approximate surface area is 99.6 Å². The number of amides is 3. The van der Waals surface area contributed by atoms with Gasteiger partial charge in [0.2, 0.25) is 5.91 Å². The first-order valence-electron chi connectivity index (χ1n) is 5.55. The van der Waals surface area contributed by atoms with Gasteiger partial charge in [-0.3, -0.25) is 4.79 Å². The van der Waals surface area contributed by atoms with E-state index in [0.29, 0.717) is 13.0 Å². The van der Waals surface area contributed by atoms with Crippen LogP contribution in [0.5, 0.6) is 0 Å². The molecule has 1 saturated heterocycles. The summed E-state index contributed by atoms with van der Waals surface area (Å²) < 4.78 is 0. The molecule has 2 rings (SSSR count). The van der Waals surface area contributed by atoms with E-state index in [1.54, 1.807) is 0 Å². The molecule has 0 spiro atoms. The molecule has 1 aliphatic heterocycles. The lowest BCUT2D eigenvalue weighted by Gasteiger charge is -2.12. The number of urea groups is 1. The molecule has 5 nitrogen and oxygen atoms in total. The van der Waals surface area contributed by atoms with Crippen molar-refractivity contribution >= 4 is 17.6 Å². The van der Waals surface area contributed by atoms with Crippen LogP contribution in [-0.2, 0) is 4.79 Å². The average Bonchev–Trinajstić information content (AvgIpc) is 2.67. The van der Waals surface area contributed by atoms with Crippen molar-refractivity contribution in [1.82, 2.24) is 10.6 Å². The molecule has 0 radical (unpaired) electrons. The number of nitrogens with one attached hydrogen (secondary N) is 3. The first-order chi connectivity index (χ1) is 8.15. The summed E-state index contributed by atoms with van der Waals surface area (Å²) in [5.74, 6) is -0.0220. The fraction of sp³-hybridized carbons (Fsp3) is 0.333. The molecule has 0 unspecified atom stereocenters. The highest BCUT2D eigenvalue weighted by atomic mass is 16.2. The second-order valence-electron chi connectivity index (χ2n) is 4.12. The molecule has 1 aliphatic rings. The summed E-state index contributed by atoms with van der Waals surface area (Å²) in [5, 5.41) is 8.18. The van der Waals surface area contributed by atoms with Gasteiger partial charge in [0, 0.05) is 18.7 Å². The van der Waals surface area contributed by atoms with Crippen molar-refractivity contribution in [3.63, 3.8) is 0 Å². The summed E-state index contributed by atoms with van der Waals surface area (Å²) in [6.45, 7) is 2.43. The number of carbonyl (C=O) groups excluding carboxylic acids is 2. The second-order valence-corrected chi connectivity index (χ2v) is 4.12. The largest absolute Gasteiger partial charge is 0.354 e. The number of hydrogen-bond donors (Lipinski definition) is 3. The third kappa shape index (κ3) is 2.96. The van der Waals surface area contributed by atoms with Crippen molar-refractivity contribution in [3.8, 4) is 0 Å². The van der Waals surface area contributed by atoms with Gasteiger partial charge in [-0.05, 0) is 18.6 Å². The molecular formula is C12H15N3O2. The van der Waals surface area contributed by atoms with Crippen molar-refractivity contribution < 1.29 is 9.59 Å². The summed E-state index contributed by atoms with van der Waals surface area (Å²) in [6, 6.07) is 7.15. The van der Waals surface area contributed by atoms with Crippen LogP contribution < -0.4 is 16.0 Å². The maximum absolute atomic E-state index is 11.7. The van der Waals surface area contributed by atoms with Gasteiger partial charge in [0.25, 0.3) is 0 Å². The minimum atomic E-state index is -0.277. The first-order valence-corrected chi connectivity index (χ1v) is 5.55. The lowest BCUT2D eigenvalue weighted by Crippen LogP contribution is -2.39. The van der Waals surface area contributed by atoms with E-state index >= 15 is 0 Å². The monoisotopic (exact) mass is 233 g/mol. The molecule has 5 heteroatoms. The van der Waals surface area contributed by atoms with Crippen molar-refractivity contribution in [2.75, 3.05) is 11.9 Å². The molecule has 1 aromatic rings. The van der Waals surface area contributed by atoms with E-state index < -0.39 is 0 Å². The standard InChI is InChI=1S/C12H15N3O2/c1-8-4-2-3-5-10(8)15-12(17)14-9-6-11(16)13-7-9/h2-5,9H,6-7H2,1H3,(H,13,16)(H2,14,15,17)/t9-/m1/s1. The maximum atomic E-state index is 11.7. The molecule has 0 saturated carbocycles. The number of aryl methyl sites for hydroxylation is 1. The van der Waals surface area contributed by atoms with Crippen LogP contribution in [0.4, 0.5) is 10.5 Å². The summed E-state index contributed by atoms with van der Waals surface area (Å²) in [5.41, 5.74) is 1.78. The molecular weight excluding hydrogens is 218 g/mol. The maximum Gasteiger partial charge on any atom is 0.319 e. The Balaban J connectivity index is 1.89. The molecule has 3 amide bonds. The Morgan fingerprint density at radius 1 is 1.41 bits per heavy atom. The number of para-hydroxylation sites is 1. The Hall–Kier alpha value is -2.04. The van der Waals surface area contributed by atoms with E-state index in [4.69, 9.17) is 0 Å². The molecule has 90 valence electrons. The SMILES string of the molecule is Cc1ccccc1NC(=O)N[C@H]1CNC(=O)C1. The van der Waals surface area contributed by atoms with Gasteiger partial charge in [-0.2, -0.15) is 0 Å². The van der Waals surface area contributed by atoms with Crippen molar-refractivity contribution in [3.05, 3.63) is 29.8 Å². The van der Waals surface area contributed by atoms with Crippen LogP contribution in [0.25, 0.3) is 0 Å². The molecule has 1 fully saturated rings. The molecule has 3 N–H and O–H groups in total. The summed E-state index contributed by atoms with van der Waals surface area (Å²) in [4.78, 5) is 22.6. The lowest BCUT2D eigenvalue weighted by atomic mass is 10.2. The number of benzene rings is 1. The molecule has 1 aromatic carbocycles. The highest BCUT2D eigenvalue weighted by molar-refractivity contribution is 5.91. The third-order valence-electron chi connectivity index (χ3n) is 2.71. The van der Waals surface area contributed by atoms with Gasteiger partial charge in [0.15, 0.2) is 0 Å². The van der Waals surface area contributed by atoms with E-state index in [1.807, 2.05) is 31.2 Å². The van der Waals surface area contributed by atoms with E-state index in [2.05, 4.69) is 16.0 Å². The van der Waals surface area contributed by atoms with Crippen molar-refractivity contribution in [2.45, 2.75) is 19.4 Å². The summed E-state index contributed by atoms with van der Waals surface area (Å²) >= 11 is 0. The summed E-state index contributed by atoms with van der Waals surface area (Å²) in [7, 11) is 0. The Kier molecular flexibility index (Phi) is 3.27. The van der Waals surface area contributed by atoms with Gasteiger partial charge in [-0.15, -0.1) is 0 Å². The molecule has 0 bridgehead atoms. The summed E-state index contributed by atoms with van der Waals surface area (Å²) in [6.07, 6.45) is 0.348. The first kappa shape index (κ1) is 11.4. The lowest BCUT2D eigenvalue weighted by molar-refractivity contribution is -0.119. The number of carbonyl (C=O) groups is 2. The Morgan fingerprint density at radius 2 is 2.18 bits per heavy atom. The predicted molar refractivity (Wildman–Crippen MR) is 64.7 cm³/mol. The Bertz CT molecular complexity index is 445. The fourth-order valence-corrected chi connectivity index (χ4v) is 1.76. The van der Waals surface area contributed by atoms with Crippen LogP contribution in [0.15, 0.2) is 24.3 Å². The average molecular weight is 233 g/mol. The molecule has 17 heavy (non-hydrogen) atoms. The van der Waals surface area contributed by atoms with Crippen molar-refractivity contribution in [1.29, 1.82) is 0 Å². The zero-order chi connectivity index (χ0) is 12.3. The molecule has 0 aromatic heterocycles. The van der Waals surface area contributed by atoms with Crippen molar-refractivity contribution in [2.24, 2.45) is 0 Å². The predicted octanol–water partition coefficient (Wildman–Crippen LogP) is 1.01. The topological polar surface area (TPSA) is 70.2 Å². The quantitative estimate of drug-likeness (QED) is 0.713. The van der Waals surface area contributed by atoms with E-state index in [-0.39, 0.29) is 18.0 Å². The van der Waals surface area contributed by atoms with E-state index in [1.165, 1.54) is 0 Å². The molecule has 0 aliphatic carbocycles. The third-order valence-corrected chi connectivity index (χ3v) is 2.71. The van der Waals surface area contributed by atoms with E-state index in [9.17, 15) is 9.59 Å². The smallest absolute Gasteiger partial charge is 0.319 e. The van der Waals surface area contributed by atoms with Crippen LogP contribution >= 0.6 is 0 Å². The van der Waals surface area contributed by atoms with Crippen LogP contribution in [0.3, 0.4) is 0 Å². The van der Waals surface area contributed by atoms with E-state index in [0.717, 1.165) is 11.3 Å². The Morgan fingerprint density at radius 3 is 2.82 bits per heavy atom. The van der Waals surface area contributed by atoms with Gasteiger partial charge >= 0.3 is 6.03 Å². The molecule has 1 atom stereocenters. The van der Waals surface area contributed by atoms with Crippen LogP contribution in [0.2, 0.25) is 0 Å². The number of rotatable bonds is 2. The van der Waals surface area contributed by atoms with Gasteiger partial charge in [0.05, 0.1) is 6.04 Å². The zero-order valence-corrected chi connectivity index (χ0v) is 9.62. The van der Waals surface area contributed by atoms with Gasteiger partial charge in [-0.25, -0.2) is 4.79 Å². The minimum Gasteiger partial charge on any atom is -0.354 e.